The van der Waals surface area contributed by atoms with Crippen LogP contribution in [0.5, 0.6) is 0 Å². The van der Waals surface area contributed by atoms with Crippen LogP contribution in [0.4, 0.5) is 10.5 Å². The van der Waals surface area contributed by atoms with Crippen LogP contribution in [0.15, 0.2) is 18.2 Å². The van der Waals surface area contributed by atoms with Gasteiger partial charge in [0.15, 0.2) is 0 Å². The first kappa shape index (κ1) is 28.8. The Labute approximate surface area is 210 Å². The molecule has 1 N–H and O–H groups in total. The molecule has 182 valence electrons. The van der Waals surface area contributed by atoms with Crippen molar-refractivity contribution in [2.75, 3.05) is 28.6 Å². The number of hydrogen-bond acceptors (Lipinski definition) is 5. The van der Waals surface area contributed by atoms with Gasteiger partial charge in [-0.1, -0.05) is 49.6 Å². The van der Waals surface area contributed by atoms with E-state index in [1.54, 1.807) is 0 Å². The van der Waals surface area contributed by atoms with Gasteiger partial charge >= 0.3 is 12.1 Å². The lowest BCUT2D eigenvalue weighted by molar-refractivity contribution is -0.155. The van der Waals surface area contributed by atoms with Crippen molar-refractivity contribution < 1.29 is 19.1 Å². The minimum atomic E-state index is -0.627. The number of benzene rings is 1. The summed E-state index contributed by atoms with van der Waals surface area (Å²) in [6.07, 6.45) is -0.00445. The molecule has 0 spiro atoms. The molecule has 0 bridgehead atoms. The van der Waals surface area contributed by atoms with Crippen LogP contribution in [0, 0.1) is 6.92 Å². The summed E-state index contributed by atoms with van der Waals surface area (Å²) < 4.78 is 11.0. The van der Waals surface area contributed by atoms with E-state index in [-0.39, 0.29) is 12.4 Å². The Morgan fingerprint density at radius 3 is 2.06 bits per heavy atom. The first-order valence-electron chi connectivity index (χ1n) is 10.9. The molecule has 8 heteroatoms. The normalized spacial score (nSPS) is 12.8. The third-order valence-electron chi connectivity index (χ3n) is 4.30. The number of amides is 1. The number of alkyl carbamates (subject to hydrolysis) is 1. The third kappa shape index (κ3) is 11.5. The third-order valence-corrected chi connectivity index (χ3v) is 5.01. The number of nitrogens with one attached hydrogen (secondary N) is 1. The smallest absolute Gasteiger partial charge is 0.407 e. The molecular weight excluding hydrogens is 540 g/mol. The second kappa shape index (κ2) is 12.8. The molecule has 0 fully saturated rings. The predicted molar refractivity (Wildman–Crippen MR) is 138 cm³/mol. The Kier molecular flexibility index (Phi) is 11.5. The van der Waals surface area contributed by atoms with E-state index in [4.69, 9.17) is 9.47 Å². The minimum Gasteiger partial charge on any atom is -0.460 e. The monoisotopic (exact) mass is 576 g/mol. The van der Waals surface area contributed by atoms with Crippen molar-refractivity contribution in [3.63, 3.8) is 0 Å². The average molecular weight is 578 g/mol. The second-order valence-electron chi connectivity index (χ2n) is 9.84. The zero-order valence-electron chi connectivity index (χ0n) is 20.4. The van der Waals surface area contributed by atoms with Crippen molar-refractivity contribution in [3.05, 3.63) is 29.3 Å². The van der Waals surface area contributed by atoms with Crippen LogP contribution in [-0.4, -0.2) is 53.1 Å². The second-order valence-corrected chi connectivity index (χ2v) is 11.4. The van der Waals surface area contributed by atoms with Crippen molar-refractivity contribution in [1.29, 1.82) is 0 Å². The van der Waals surface area contributed by atoms with Crippen LogP contribution < -0.4 is 10.2 Å². The lowest BCUT2D eigenvalue weighted by Crippen LogP contribution is -2.42. The summed E-state index contributed by atoms with van der Waals surface area (Å²) in [4.78, 5) is 27.4. The molecule has 0 aromatic heterocycles. The van der Waals surface area contributed by atoms with E-state index < -0.39 is 23.3 Å². The van der Waals surface area contributed by atoms with Gasteiger partial charge in [0.2, 0.25) is 0 Å². The van der Waals surface area contributed by atoms with E-state index >= 15 is 0 Å². The van der Waals surface area contributed by atoms with Crippen LogP contribution in [0.3, 0.4) is 0 Å². The Morgan fingerprint density at radius 2 is 1.56 bits per heavy atom. The number of carbonyl (C=O) groups excluding carboxylic acids is 2. The van der Waals surface area contributed by atoms with Gasteiger partial charge in [-0.25, -0.2) is 4.79 Å². The molecule has 0 aliphatic rings. The highest BCUT2D eigenvalue weighted by atomic mass is 79.9. The van der Waals surface area contributed by atoms with E-state index in [1.165, 1.54) is 0 Å². The summed E-state index contributed by atoms with van der Waals surface area (Å²) in [5.74, 6) is -0.356. The molecule has 1 aromatic carbocycles. The number of anilines is 1. The molecule has 0 unspecified atom stereocenters. The number of hydrogen-bond donors (Lipinski definition) is 1. The fraction of sp³-hybridized carbons (Fsp3) is 0.667. The summed E-state index contributed by atoms with van der Waals surface area (Å²) in [7, 11) is 0. The van der Waals surface area contributed by atoms with Gasteiger partial charge in [-0.3, -0.25) is 4.79 Å². The molecular formula is C24H38Br2N2O4. The van der Waals surface area contributed by atoms with Gasteiger partial charge in [0.05, 0.1) is 6.42 Å². The van der Waals surface area contributed by atoms with Crippen molar-refractivity contribution in [2.45, 2.75) is 78.6 Å². The lowest BCUT2D eigenvalue weighted by atomic mass is 9.99. The van der Waals surface area contributed by atoms with Gasteiger partial charge in [0.25, 0.3) is 0 Å². The quantitative estimate of drug-likeness (QED) is 0.283. The van der Waals surface area contributed by atoms with Gasteiger partial charge in [-0.05, 0) is 66.5 Å². The molecule has 1 aromatic rings. The fourth-order valence-electron chi connectivity index (χ4n) is 3.24. The van der Waals surface area contributed by atoms with Crippen molar-refractivity contribution in [1.82, 2.24) is 5.32 Å². The molecule has 0 radical (unpaired) electrons. The van der Waals surface area contributed by atoms with Crippen molar-refractivity contribution >= 4 is 49.6 Å². The Bertz CT molecular complexity index is 721. The fourth-order valence-corrected chi connectivity index (χ4v) is 4.10. The van der Waals surface area contributed by atoms with Gasteiger partial charge < -0.3 is 19.7 Å². The maximum Gasteiger partial charge on any atom is 0.407 e. The van der Waals surface area contributed by atoms with Crippen molar-refractivity contribution in [3.8, 4) is 0 Å². The number of ether oxygens (including phenoxy) is 2. The Balaban J connectivity index is 3.20. The lowest BCUT2D eigenvalue weighted by Gasteiger charge is -2.29. The molecule has 32 heavy (non-hydrogen) atoms. The zero-order valence-corrected chi connectivity index (χ0v) is 23.6. The molecule has 6 nitrogen and oxygen atoms in total. The summed E-state index contributed by atoms with van der Waals surface area (Å²) in [6.45, 7) is 14.7. The summed E-state index contributed by atoms with van der Waals surface area (Å²) in [5, 5.41) is 4.57. The zero-order chi connectivity index (χ0) is 24.5. The summed E-state index contributed by atoms with van der Waals surface area (Å²) in [6, 6.07) is 5.84. The van der Waals surface area contributed by atoms with Gasteiger partial charge in [-0.2, -0.15) is 0 Å². The van der Waals surface area contributed by atoms with E-state index in [0.717, 1.165) is 40.6 Å². The number of carbonyl (C=O) groups is 2. The first-order chi connectivity index (χ1) is 14.7. The maximum absolute atomic E-state index is 12.6. The number of rotatable bonds is 10. The van der Waals surface area contributed by atoms with Gasteiger partial charge in [0, 0.05) is 35.5 Å². The van der Waals surface area contributed by atoms with Gasteiger partial charge in [-0.15, -0.1) is 0 Å². The van der Waals surface area contributed by atoms with Crippen LogP contribution in [0.2, 0.25) is 0 Å². The topological polar surface area (TPSA) is 67.9 Å². The molecule has 1 amide bonds. The van der Waals surface area contributed by atoms with Crippen LogP contribution in [0.1, 0.15) is 59.1 Å². The molecule has 0 aliphatic carbocycles. The number of nitrogens with zero attached hydrogens (tertiary/aromatic N) is 1. The molecule has 0 saturated carbocycles. The highest BCUT2D eigenvalue weighted by Gasteiger charge is 2.26. The number of aryl methyl sites for hydroxylation is 1. The molecule has 0 aliphatic heterocycles. The standard InChI is InChI=1S/C24H38Br2N2O4/c1-17-8-9-20(28(12-10-25)13-11-26)18(14-17)15-19(16-21(29)31-23(2,3)4)27-22(30)32-24(5,6)7/h8-9,14,19H,10-13,15-16H2,1-7H3,(H,27,30)/t19-/m0/s1. The van der Waals surface area contributed by atoms with E-state index in [1.807, 2.05) is 48.5 Å². The van der Waals surface area contributed by atoms with E-state index in [9.17, 15) is 9.59 Å². The van der Waals surface area contributed by atoms with E-state index in [0.29, 0.717) is 6.42 Å². The van der Waals surface area contributed by atoms with Crippen molar-refractivity contribution in [2.24, 2.45) is 0 Å². The molecule has 1 rings (SSSR count). The summed E-state index contributed by atoms with van der Waals surface area (Å²) in [5.41, 5.74) is 2.06. The predicted octanol–water partition coefficient (Wildman–Crippen LogP) is 5.76. The SMILES string of the molecule is Cc1ccc(N(CCBr)CCBr)c(C[C@@H](CC(=O)OC(C)(C)C)NC(=O)OC(C)(C)C)c1. The number of esters is 1. The Morgan fingerprint density at radius 1 is 1.00 bits per heavy atom. The molecule has 1 atom stereocenters. The number of alkyl halides is 2. The van der Waals surface area contributed by atoms with Crippen LogP contribution in [-0.2, 0) is 20.7 Å². The average Bonchev–Trinajstić information content (AvgIpc) is 2.58. The van der Waals surface area contributed by atoms with Crippen LogP contribution >= 0.6 is 31.9 Å². The highest BCUT2D eigenvalue weighted by Crippen LogP contribution is 2.25. The van der Waals surface area contributed by atoms with E-state index in [2.05, 4.69) is 60.3 Å². The molecule has 0 saturated heterocycles. The summed E-state index contributed by atoms with van der Waals surface area (Å²) >= 11 is 7.07. The minimum absolute atomic E-state index is 0.0563. The maximum atomic E-state index is 12.6. The largest absolute Gasteiger partial charge is 0.460 e. The molecule has 0 heterocycles. The van der Waals surface area contributed by atoms with Gasteiger partial charge in [0.1, 0.15) is 11.2 Å². The highest BCUT2D eigenvalue weighted by molar-refractivity contribution is 9.09. The Hall–Kier alpha value is -1.28. The first-order valence-corrected chi connectivity index (χ1v) is 13.2. The van der Waals surface area contributed by atoms with Crippen LogP contribution in [0.25, 0.3) is 0 Å². The number of halogens is 2.